The van der Waals surface area contributed by atoms with Crippen molar-refractivity contribution in [2.75, 3.05) is 37.5 Å². The Kier molecular flexibility index (Phi) is 9.29. The van der Waals surface area contributed by atoms with Crippen LogP contribution in [-0.2, 0) is 6.18 Å². The number of anilines is 2. The van der Waals surface area contributed by atoms with Crippen molar-refractivity contribution in [2.45, 2.75) is 52.1 Å². The Labute approximate surface area is 217 Å². The molecule has 2 N–H and O–H groups in total. The molecule has 200 valence electrons. The first kappa shape index (κ1) is 28.2. The lowest BCUT2D eigenvalue weighted by Gasteiger charge is -2.23. The second-order valence-corrected chi connectivity index (χ2v) is 8.78. The molecule has 0 aromatic heterocycles. The van der Waals surface area contributed by atoms with Crippen molar-refractivity contribution >= 4 is 17.1 Å². The lowest BCUT2D eigenvalue weighted by atomic mass is 9.97. The lowest BCUT2D eigenvalue weighted by molar-refractivity contribution is -0.136. The van der Waals surface area contributed by atoms with E-state index < -0.39 is 11.7 Å². The minimum absolute atomic E-state index is 0.0108. The van der Waals surface area contributed by atoms with Gasteiger partial charge in [0.15, 0.2) is 11.5 Å². The number of halogens is 3. The van der Waals surface area contributed by atoms with Crippen molar-refractivity contribution in [3.63, 3.8) is 0 Å². The summed E-state index contributed by atoms with van der Waals surface area (Å²) < 4.78 is 52.0. The number of alkyl halides is 3. The molecule has 37 heavy (non-hydrogen) atoms. The molecule has 0 spiro atoms. The summed E-state index contributed by atoms with van der Waals surface area (Å²) in [6, 6.07) is 9.50. The standard InChI is InChI=1S/C27H30F3N3O2.C2H6/c1-17(32-23-16-19(33-13-4-5-14-33)10-11-22(23)27(28,29)30)20-7-6-8-21(20)26(31)18-9-12-24(34-2)25(15-18)35-3;1-2/h9-12,15-16,31-32H,1,4-8,13-14H2,2-3H3;1-2H3. The van der Waals surface area contributed by atoms with Crippen molar-refractivity contribution < 1.29 is 22.6 Å². The Balaban J connectivity index is 0.00000186. The van der Waals surface area contributed by atoms with Gasteiger partial charge in [0.25, 0.3) is 0 Å². The average molecular weight is 516 g/mol. The smallest absolute Gasteiger partial charge is 0.418 e. The predicted molar refractivity (Wildman–Crippen MR) is 144 cm³/mol. The van der Waals surface area contributed by atoms with Crippen LogP contribution in [0.1, 0.15) is 57.1 Å². The van der Waals surface area contributed by atoms with Crippen LogP contribution in [0.5, 0.6) is 11.5 Å². The number of nitrogens with zero attached hydrogens (tertiary/aromatic N) is 1. The highest BCUT2D eigenvalue weighted by atomic mass is 19.4. The molecule has 0 bridgehead atoms. The third-order valence-corrected chi connectivity index (χ3v) is 6.62. The number of hydrogen-bond donors (Lipinski definition) is 2. The number of allylic oxidation sites excluding steroid dienone is 2. The molecule has 1 heterocycles. The van der Waals surface area contributed by atoms with E-state index in [0.29, 0.717) is 41.3 Å². The van der Waals surface area contributed by atoms with Gasteiger partial charge < -0.3 is 19.7 Å². The number of ether oxygens (including phenoxy) is 2. The summed E-state index contributed by atoms with van der Waals surface area (Å²) in [5.41, 5.74) is 2.94. The first-order valence-corrected chi connectivity index (χ1v) is 12.7. The minimum atomic E-state index is -4.49. The fraction of sp³-hybridized carbons (Fsp3) is 0.414. The van der Waals surface area contributed by atoms with Crippen LogP contribution >= 0.6 is 0 Å². The largest absolute Gasteiger partial charge is 0.493 e. The van der Waals surface area contributed by atoms with Gasteiger partial charge in [-0.3, -0.25) is 5.41 Å². The monoisotopic (exact) mass is 515 g/mol. The Morgan fingerprint density at radius 1 is 0.919 bits per heavy atom. The molecule has 0 amide bonds. The van der Waals surface area contributed by atoms with E-state index in [-0.39, 0.29) is 5.69 Å². The molecule has 0 unspecified atom stereocenters. The summed E-state index contributed by atoms with van der Waals surface area (Å²) in [6.07, 6.45) is -0.324. The summed E-state index contributed by atoms with van der Waals surface area (Å²) in [6.45, 7) is 9.75. The van der Waals surface area contributed by atoms with Crippen LogP contribution in [0.25, 0.3) is 0 Å². The Morgan fingerprint density at radius 3 is 2.19 bits per heavy atom. The summed E-state index contributed by atoms with van der Waals surface area (Å²) in [4.78, 5) is 2.10. The van der Waals surface area contributed by atoms with E-state index in [0.717, 1.165) is 55.3 Å². The fourth-order valence-electron chi connectivity index (χ4n) is 4.81. The highest BCUT2D eigenvalue weighted by Gasteiger charge is 2.34. The Hall–Kier alpha value is -3.42. The molecule has 0 atom stereocenters. The van der Waals surface area contributed by atoms with E-state index in [9.17, 15) is 13.2 Å². The predicted octanol–water partition coefficient (Wildman–Crippen LogP) is 7.82. The maximum Gasteiger partial charge on any atom is 0.418 e. The Morgan fingerprint density at radius 2 is 1.57 bits per heavy atom. The molecule has 2 aliphatic rings. The second kappa shape index (κ2) is 12.2. The molecule has 0 radical (unpaired) electrons. The van der Waals surface area contributed by atoms with Crippen molar-refractivity contribution in [3.8, 4) is 11.5 Å². The molecule has 1 aliphatic heterocycles. The van der Waals surface area contributed by atoms with Crippen LogP contribution in [0.3, 0.4) is 0 Å². The summed E-state index contributed by atoms with van der Waals surface area (Å²) in [7, 11) is 3.08. The minimum Gasteiger partial charge on any atom is -0.493 e. The number of nitrogens with one attached hydrogen (secondary N) is 2. The lowest BCUT2D eigenvalue weighted by Crippen LogP contribution is -2.19. The second-order valence-electron chi connectivity index (χ2n) is 8.78. The topological polar surface area (TPSA) is 57.6 Å². The van der Waals surface area contributed by atoms with Crippen molar-refractivity contribution in [2.24, 2.45) is 0 Å². The van der Waals surface area contributed by atoms with Gasteiger partial charge in [0.1, 0.15) is 0 Å². The van der Waals surface area contributed by atoms with Crippen LogP contribution in [0.4, 0.5) is 24.5 Å². The SMILES string of the molecule is C=C(Nc1cc(N2CCCC2)ccc1C(F)(F)F)C1=C(C(=N)c2ccc(OC)c(OC)c2)CCC1.CC. The quantitative estimate of drug-likeness (QED) is 0.352. The van der Waals surface area contributed by atoms with Crippen molar-refractivity contribution in [3.05, 3.63) is 70.9 Å². The zero-order valence-electron chi connectivity index (χ0n) is 22.0. The van der Waals surface area contributed by atoms with Gasteiger partial charge in [-0.05, 0) is 79.6 Å². The van der Waals surface area contributed by atoms with E-state index in [1.807, 2.05) is 13.8 Å². The van der Waals surface area contributed by atoms with Crippen LogP contribution in [-0.4, -0.2) is 33.0 Å². The molecule has 2 aromatic rings. The van der Waals surface area contributed by atoms with E-state index in [4.69, 9.17) is 14.9 Å². The zero-order valence-corrected chi connectivity index (χ0v) is 22.0. The van der Waals surface area contributed by atoms with Gasteiger partial charge >= 0.3 is 6.18 Å². The molecule has 0 saturated carbocycles. The van der Waals surface area contributed by atoms with Crippen LogP contribution < -0.4 is 19.7 Å². The van der Waals surface area contributed by atoms with Gasteiger partial charge in [-0.15, -0.1) is 0 Å². The highest BCUT2D eigenvalue weighted by Crippen LogP contribution is 2.40. The molecule has 1 aliphatic carbocycles. The zero-order chi connectivity index (χ0) is 27.2. The summed E-state index contributed by atoms with van der Waals surface area (Å²) in [5, 5.41) is 11.8. The molecule has 1 saturated heterocycles. The molecule has 2 aromatic carbocycles. The van der Waals surface area contributed by atoms with Crippen molar-refractivity contribution in [1.82, 2.24) is 0 Å². The van der Waals surface area contributed by atoms with E-state index in [1.165, 1.54) is 13.2 Å². The normalized spacial score (nSPS) is 15.3. The van der Waals surface area contributed by atoms with Gasteiger partial charge in [-0.2, -0.15) is 13.2 Å². The average Bonchev–Trinajstić information content (AvgIpc) is 3.61. The van der Waals surface area contributed by atoms with Crippen LogP contribution in [0.2, 0.25) is 0 Å². The molecular weight excluding hydrogens is 479 g/mol. The maximum absolute atomic E-state index is 13.8. The van der Waals surface area contributed by atoms with Gasteiger partial charge in [0.2, 0.25) is 0 Å². The van der Waals surface area contributed by atoms with E-state index in [1.54, 1.807) is 31.4 Å². The van der Waals surface area contributed by atoms with Crippen LogP contribution in [0.15, 0.2) is 59.8 Å². The third-order valence-electron chi connectivity index (χ3n) is 6.62. The highest BCUT2D eigenvalue weighted by molar-refractivity contribution is 6.12. The fourth-order valence-corrected chi connectivity index (χ4v) is 4.81. The molecule has 4 rings (SSSR count). The first-order valence-electron chi connectivity index (χ1n) is 12.7. The maximum atomic E-state index is 13.8. The van der Waals surface area contributed by atoms with E-state index in [2.05, 4.69) is 16.8 Å². The van der Waals surface area contributed by atoms with Gasteiger partial charge in [0, 0.05) is 30.0 Å². The summed E-state index contributed by atoms with van der Waals surface area (Å²) in [5.74, 6) is 1.08. The number of methoxy groups -OCH3 is 2. The third kappa shape index (κ3) is 6.29. The molecular formula is C29H36F3N3O2. The number of benzene rings is 2. The van der Waals surface area contributed by atoms with Gasteiger partial charge in [-0.1, -0.05) is 20.4 Å². The summed E-state index contributed by atoms with van der Waals surface area (Å²) >= 11 is 0. The van der Waals surface area contributed by atoms with Crippen LogP contribution in [0, 0.1) is 5.41 Å². The van der Waals surface area contributed by atoms with Gasteiger partial charge in [0.05, 0.1) is 31.2 Å². The molecule has 5 nitrogen and oxygen atoms in total. The van der Waals surface area contributed by atoms with E-state index >= 15 is 0 Å². The van der Waals surface area contributed by atoms with Gasteiger partial charge in [-0.25, -0.2) is 0 Å². The van der Waals surface area contributed by atoms with Crippen molar-refractivity contribution in [1.29, 1.82) is 5.41 Å². The molecule has 1 fully saturated rings. The Bertz CT molecular complexity index is 1170. The first-order chi connectivity index (χ1) is 17.7. The molecule has 8 heteroatoms. The number of rotatable bonds is 8. The number of hydrogen-bond acceptors (Lipinski definition) is 5.